The number of nitrogens with one attached hydrogen (secondary N) is 1. The summed E-state index contributed by atoms with van der Waals surface area (Å²) in [4.78, 5) is 43.0. The van der Waals surface area contributed by atoms with Crippen molar-refractivity contribution in [2.45, 2.75) is 105 Å². The third-order valence-corrected chi connectivity index (χ3v) is 6.78. The van der Waals surface area contributed by atoms with Gasteiger partial charge in [0.15, 0.2) is 0 Å². The van der Waals surface area contributed by atoms with Crippen LogP contribution in [-0.2, 0) is 19.1 Å². The lowest BCUT2D eigenvalue weighted by molar-refractivity contribution is -0.140. The molecule has 1 N–H and O–H groups in total. The second-order valence-corrected chi connectivity index (χ2v) is 9.97. The van der Waals surface area contributed by atoms with Crippen LogP contribution >= 0.6 is 0 Å². The third-order valence-electron chi connectivity index (χ3n) is 6.78. The van der Waals surface area contributed by atoms with E-state index in [4.69, 9.17) is 4.74 Å². The first-order valence-corrected chi connectivity index (χ1v) is 12.6. The van der Waals surface area contributed by atoms with E-state index in [1.54, 1.807) is 31.9 Å². The number of nitrogens with zero attached hydrogens (tertiary/aromatic N) is 2. The molecular formula is C26H47N3O4. The number of hydrogen-bond donors (Lipinski definition) is 1. The van der Waals surface area contributed by atoms with E-state index < -0.39 is 6.04 Å². The molecule has 0 spiro atoms. The van der Waals surface area contributed by atoms with Gasteiger partial charge in [0.2, 0.25) is 11.8 Å². The minimum absolute atomic E-state index is 0.0112. The van der Waals surface area contributed by atoms with Gasteiger partial charge in [0.25, 0.3) is 0 Å². The summed E-state index contributed by atoms with van der Waals surface area (Å²) in [7, 11) is 1.75. The Hall–Kier alpha value is -1.89. The van der Waals surface area contributed by atoms with Gasteiger partial charge in [-0.15, -0.1) is 0 Å². The second-order valence-electron chi connectivity index (χ2n) is 9.97. The van der Waals surface area contributed by atoms with Crippen molar-refractivity contribution in [3.05, 3.63) is 11.6 Å². The Balaban J connectivity index is 3.12. The highest BCUT2D eigenvalue weighted by Crippen LogP contribution is 2.22. The van der Waals surface area contributed by atoms with Crippen LogP contribution in [0, 0.1) is 11.8 Å². The van der Waals surface area contributed by atoms with Gasteiger partial charge in [0.05, 0.1) is 18.7 Å². The minimum Gasteiger partial charge on any atom is -0.463 e. The molecule has 1 saturated heterocycles. The number of hydrogen-bond acceptors (Lipinski definition) is 5. The maximum absolute atomic E-state index is 13.7. The zero-order valence-electron chi connectivity index (χ0n) is 22.3. The van der Waals surface area contributed by atoms with Gasteiger partial charge in [-0.25, -0.2) is 4.79 Å². The van der Waals surface area contributed by atoms with Gasteiger partial charge in [-0.05, 0) is 58.9 Å². The molecule has 0 saturated carbocycles. The molecule has 4 atom stereocenters. The molecule has 7 heteroatoms. The van der Waals surface area contributed by atoms with E-state index in [-0.39, 0.29) is 47.7 Å². The van der Waals surface area contributed by atoms with Crippen molar-refractivity contribution in [2.75, 3.05) is 20.2 Å². The first-order valence-electron chi connectivity index (χ1n) is 12.6. The maximum atomic E-state index is 13.7. The second kappa shape index (κ2) is 13.7. The molecule has 7 nitrogen and oxygen atoms in total. The smallest absolute Gasteiger partial charge is 0.333 e. The van der Waals surface area contributed by atoms with Crippen LogP contribution in [0.15, 0.2) is 11.6 Å². The van der Waals surface area contributed by atoms with Crippen molar-refractivity contribution in [3.63, 3.8) is 0 Å². The Morgan fingerprint density at radius 2 is 1.76 bits per heavy atom. The van der Waals surface area contributed by atoms with Crippen LogP contribution in [0.3, 0.4) is 0 Å². The molecule has 33 heavy (non-hydrogen) atoms. The van der Waals surface area contributed by atoms with Crippen molar-refractivity contribution < 1.29 is 19.1 Å². The molecule has 1 rings (SSSR count). The summed E-state index contributed by atoms with van der Waals surface area (Å²) in [6, 6.07) is -0.814. The molecule has 0 aromatic carbocycles. The monoisotopic (exact) mass is 465 g/mol. The molecule has 190 valence electrons. The minimum atomic E-state index is -0.610. The Morgan fingerprint density at radius 1 is 1.12 bits per heavy atom. The van der Waals surface area contributed by atoms with Crippen LogP contribution in [0.4, 0.5) is 0 Å². The molecule has 2 amide bonds. The Labute approximate surface area is 201 Å². The first-order chi connectivity index (χ1) is 15.5. The molecule has 1 heterocycles. The van der Waals surface area contributed by atoms with Crippen LogP contribution in [0.1, 0.15) is 81.1 Å². The fourth-order valence-electron chi connectivity index (χ4n) is 4.47. The Kier molecular flexibility index (Phi) is 12.1. The summed E-state index contributed by atoms with van der Waals surface area (Å²) >= 11 is 0. The molecule has 1 fully saturated rings. The van der Waals surface area contributed by atoms with Crippen LogP contribution in [-0.4, -0.2) is 72.0 Å². The predicted octanol–water partition coefficient (Wildman–Crippen LogP) is 3.77. The van der Waals surface area contributed by atoms with Crippen LogP contribution in [0.5, 0.6) is 0 Å². The summed E-state index contributed by atoms with van der Waals surface area (Å²) in [5.41, 5.74) is 0.481. The molecule has 1 aliphatic rings. The lowest BCUT2D eigenvalue weighted by Crippen LogP contribution is -2.59. The summed E-state index contributed by atoms with van der Waals surface area (Å²) in [6.07, 6.45) is 5.51. The molecule has 0 bridgehead atoms. The predicted molar refractivity (Wildman–Crippen MR) is 133 cm³/mol. The number of ether oxygens (including phenoxy) is 1. The average Bonchev–Trinajstić information content (AvgIpc) is 2.78. The van der Waals surface area contributed by atoms with E-state index in [2.05, 4.69) is 24.1 Å². The maximum Gasteiger partial charge on any atom is 0.333 e. The number of likely N-dealkylation sites (tertiary alicyclic amines) is 1. The summed E-state index contributed by atoms with van der Waals surface area (Å²) in [5.74, 6) is -0.484. The molecule has 0 aliphatic carbocycles. The van der Waals surface area contributed by atoms with Gasteiger partial charge in [-0.1, -0.05) is 46.6 Å². The molecule has 1 aliphatic heterocycles. The summed E-state index contributed by atoms with van der Waals surface area (Å²) < 4.78 is 5.10. The molecular weight excluding hydrogens is 418 g/mol. The summed E-state index contributed by atoms with van der Waals surface area (Å²) in [6.45, 7) is 17.0. The molecule has 0 radical (unpaired) electrons. The molecule has 0 unspecified atom stereocenters. The number of amides is 2. The van der Waals surface area contributed by atoms with Crippen molar-refractivity contribution in [1.82, 2.24) is 15.1 Å². The molecule has 0 aromatic heterocycles. The zero-order chi connectivity index (χ0) is 25.3. The zero-order valence-corrected chi connectivity index (χ0v) is 22.3. The highest BCUT2D eigenvalue weighted by Gasteiger charge is 2.36. The van der Waals surface area contributed by atoms with Gasteiger partial charge >= 0.3 is 5.97 Å². The van der Waals surface area contributed by atoms with Gasteiger partial charge < -0.3 is 15.0 Å². The van der Waals surface area contributed by atoms with Crippen molar-refractivity contribution in [3.8, 4) is 0 Å². The highest BCUT2D eigenvalue weighted by atomic mass is 16.5. The third kappa shape index (κ3) is 8.13. The standard InChI is InChI=1S/C26H47N3O4/c1-10-19(7)23(27-24(30)21-14-12-13-15-29(21)18(5)6)25(31)28(9)22(17(3)4)16-20(8)26(32)33-11-2/h16-19,21-23H,10-15H2,1-9H3,(H,27,30)/b20-16+/t19-,21-,22-,23-/m1/s1. The van der Waals surface area contributed by atoms with Crippen molar-refractivity contribution in [2.24, 2.45) is 11.8 Å². The van der Waals surface area contributed by atoms with Crippen LogP contribution < -0.4 is 5.32 Å². The number of likely N-dealkylation sites (N-methyl/N-ethyl adjacent to an activating group) is 1. The fourth-order valence-corrected chi connectivity index (χ4v) is 4.47. The lowest BCUT2D eigenvalue weighted by Gasteiger charge is -2.39. The molecule has 0 aromatic rings. The number of esters is 1. The van der Waals surface area contributed by atoms with Crippen LogP contribution in [0.2, 0.25) is 0 Å². The van der Waals surface area contributed by atoms with Crippen molar-refractivity contribution >= 4 is 17.8 Å². The van der Waals surface area contributed by atoms with E-state index in [1.807, 2.05) is 27.7 Å². The largest absolute Gasteiger partial charge is 0.463 e. The number of rotatable bonds is 11. The Bertz CT molecular complexity index is 689. The number of carbonyl (C=O) groups excluding carboxylic acids is 3. The summed E-state index contributed by atoms with van der Waals surface area (Å²) in [5, 5.41) is 3.11. The first kappa shape index (κ1) is 29.1. The number of piperidine rings is 1. The fraction of sp³-hybridized carbons (Fsp3) is 0.808. The van der Waals surface area contributed by atoms with Gasteiger partial charge in [0.1, 0.15) is 6.04 Å². The topological polar surface area (TPSA) is 79.0 Å². The van der Waals surface area contributed by atoms with Gasteiger partial charge in [-0.2, -0.15) is 0 Å². The van der Waals surface area contributed by atoms with Gasteiger partial charge in [-0.3, -0.25) is 14.5 Å². The van der Waals surface area contributed by atoms with Crippen LogP contribution in [0.25, 0.3) is 0 Å². The van der Waals surface area contributed by atoms with E-state index in [0.717, 1.165) is 32.2 Å². The SMILES string of the molecule is CCOC(=O)/C(C)=C/[C@H](C(C)C)N(C)C(=O)[C@H](NC(=O)[C@H]1CCCCN1C(C)C)[C@H](C)CC. The lowest BCUT2D eigenvalue weighted by atomic mass is 9.93. The van der Waals surface area contributed by atoms with E-state index >= 15 is 0 Å². The van der Waals surface area contributed by atoms with Gasteiger partial charge in [0, 0.05) is 18.7 Å². The number of carbonyl (C=O) groups is 3. The van der Waals surface area contributed by atoms with E-state index in [9.17, 15) is 14.4 Å². The Morgan fingerprint density at radius 3 is 2.27 bits per heavy atom. The van der Waals surface area contributed by atoms with E-state index in [0.29, 0.717) is 12.2 Å². The normalized spacial score (nSPS) is 20.3. The quantitative estimate of drug-likeness (QED) is 0.371. The van der Waals surface area contributed by atoms with Crippen molar-refractivity contribution in [1.29, 1.82) is 0 Å². The highest BCUT2D eigenvalue weighted by molar-refractivity contribution is 5.91. The van der Waals surface area contributed by atoms with E-state index in [1.165, 1.54) is 0 Å². The average molecular weight is 466 g/mol.